The Labute approximate surface area is 106 Å². The summed E-state index contributed by atoms with van der Waals surface area (Å²) in [6, 6.07) is 7.23. The average Bonchev–Trinajstić information content (AvgIpc) is 2.29. The van der Waals surface area contributed by atoms with Gasteiger partial charge in [-0.1, -0.05) is 31.4 Å². The standard InChI is InChI=1S/C14H19F2NO/c1-17-13(9-10-3-2-4-10)11-5-7-12(8-6-11)18-14(15)16/h5-8,10,13-14,17H,2-4,9H2,1H3. The van der Waals surface area contributed by atoms with Crippen LogP contribution in [0.1, 0.15) is 37.3 Å². The van der Waals surface area contributed by atoms with Gasteiger partial charge in [0.15, 0.2) is 0 Å². The normalized spacial score (nSPS) is 17.6. The van der Waals surface area contributed by atoms with Crippen LogP contribution in [0.5, 0.6) is 5.75 Å². The Morgan fingerprint density at radius 1 is 1.28 bits per heavy atom. The molecule has 1 aromatic carbocycles. The molecule has 0 saturated heterocycles. The molecule has 2 nitrogen and oxygen atoms in total. The molecule has 1 unspecified atom stereocenters. The predicted octanol–water partition coefficient (Wildman–Crippen LogP) is 3.74. The molecule has 0 heterocycles. The average molecular weight is 255 g/mol. The number of benzene rings is 1. The fraction of sp³-hybridized carbons (Fsp3) is 0.571. The van der Waals surface area contributed by atoms with Gasteiger partial charge in [0.2, 0.25) is 0 Å². The lowest BCUT2D eigenvalue weighted by Gasteiger charge is -2.29. The lowest BCUT2D eigenvalue weighted by molar-refractivity contribution is -0.0498. The van der Waals surface area contributed by atoms with Crippen molar-refractivity contribution in [2.75, 3.05) is 7.05 Å². The van der Waals surface area contributed by atoms with Crippen LogP contribution in [0, 0.1) is 5.92 Å². The maximum absolute atomic E-state index is 12.0. The van der Waals surface area contributed by atoms with Crippen molar-refractivity contribution in [3.05, 3.63) is 29.8 Å². The van der Waals surface area contributed by atoms with Crippen molar-refractivity contribution in [1.29, 1.82) is 0 Å². The molecule has 0 bridgehead atoms. The Morgan fingerprint density at radius 3 is 2.39 bits per heavy atom. The Hall–Kier alpha value is -1.16. The minimum Gasteiger partial charge on any atom is -0.435 e. The number of hydrogen-bond acceptors (Lipinski definition) is 2. The van der Waals surface area contributed by atoms with Gasteiger partial charge in [0, 0.05) is 6.04 Å². The summed E-state index contributed by atoms with van der Waals surface area (Å²) in [4.78, 5) is 0. The van der Waals surface area contributed by atoms with Gasteiger partial charge in [-0.15, -0.1) is 0 Å². The highest BCUT2D eigenvalue weighted by atomic mass is 19.3. The van der Waals surface area contributed by atoms with E-state index in [1.807, 2.05) is 19.2 Å². The summed E-state index contributed by atoms with van der Waals surface area (Å²) >= 11 is 0. The maximum Gasteiger partial charge on any atom is 0.387 e. The third kappa shape index (κ3) is 3.42. The molecular weight excluding hydrogens is 236 g/mol. The van der Waals surface area contributed by atoms with Gasteiger partial charge in [-0.05, 0) is 37.1 Å². The molecule has 1 atom stereocenters. The quantitative estimate of drug-likeness (QED) is 0.836. The second-order valence-electron chi connectivity index (χ2n) is 4.82. The summed E-state index contributed by atoms with van der Waals surface area (Å²) in [5.74, 6) is 1.02. The molecule has 4 heteroatoms. The van der Waals surface area contributed by atoms with E-state index in [0.717, 1.165) is 17.9 Å². The molecule has 1 fully saturated rings. The Balaban J connectivity index is 1.97. The first kappa shape index (κ1) is 13.3. The van der Waals surface area contributed by atoms with Crippen LogP contribution in [0.25, 0.3) is 0 Å². The van der Waals surface area contributed by atoms with Crippen molar-refractivity contribution < 1.29 is 13.5 Å². The summed E-state index contributed by atoms with van der Waals surface area (Å²) in [6.07, 6.45) is 5.07. The number of halogens is 2. The van der Waals surface area contributed by atoms with Crippen LogP contribution in [-0.4, -0.2) is 13.7 Å². The van der Waals surface area contributed by atoms with Crippen molar-refractivity contribution in [3.8, 4) is 5.75 Å². The van der Waals surface area contributed by atoms with Crippen LogP contribution in [0.15, 0.2) is 24.3 Å². The lowest BCUT2D eigenvalue weighted by Crippen LogP contribution is -2.23. The molecule has 2 rings (SSSR count). The number of ether oxygens (including phenoxy) is 1. The highest BCUT2D eigenvalue weighted by molar-refractivity contribution is 5.29. The van der Waals surface area contributed by atoms with Crippen LogP contribution in [-0.2, 0) is 0 Å². The predicted molar refractivity (Wildman–Crippen MR) is 66.8 cm³/mol. The Bertz CT molecular complexity index is 363. The topological polar surface area (TPSA) is 21.3 Å². The minimum atomic E-state index is -2.76. The smallest absolute Gasteiger partial charge is 0.387 e. The summed E-state index contributed by atoms with van der Waals surface area (Å²) in [5.41, 5.74) is 1.13. The molecule has 1 aliphatic carbocycles. The van der Waals surface area contributed by atoms with Crippen molar-refractivity contribution in [3.63, 3.8) is 0 Å². The van der Waals surface area contributed by atoms with E-state index >= 15 is 0 Å². The fourth-order valence-corrected chi connectivity index (χ4v) is 2.36. The molecule has 0 amide bonds. The first-order valence-corrected chi connectivity index (χ1v) is 6.41. The third-order valence-electron chi connectivity index (χ3n) is 3.65. The maximum atomic E-state index is 12.0. The van der Waals surface area contributed by atoms with E-state index in [0.29, 0.717) is 6.04 Å². The number of rotatable bonds is 6. The van der Waals surface area contributed by atoms with Crippen molar-refractivity contribution in [2.45, 2.75) is 38.3 Å². The largest absolute Gasteiger partial charge is 0.435 e. The zero-order chi connectivity index (χ0) is 13.0. The van der Waals surface area contributed by atoms with E-state index in [1.165, 1.54) is 19.3 Å². The van der Waals surface area contributed by atoms with Crippen LogP contribution in [0.3, 0.4) is 0 Å². The van der Waals surface area contributed by atoms with Gasteiger partial charge in [-0.3, -0.25) is 0 Å². The number of nitrogens with one attached hydrogen (secondary N) is 1. The summed E-state index contributed by atoms with van der Waals surface area (Å²) < 4.78 is 28.4. The first-order valence-electron chi connectivity index (χ1n) is 6.41. The minimum absolute atomic E-state index is 0.215. The van der Waals surface area contributed by atoms with Crippen LogP contribution < -0.4 is 10.1 Å². The number of hydrogen-bond donors (Lipinski definition) is 1. The van der Waals surface area contributed by atoms with Crippen molar-refractivity contribution >= 4 is 0 Å². The molecular formula is C14H19F2NO. The second kappa shape index (κ2) is 6.14. The van der Waals surface area contributed by atoms with Gasteiger partial charge in [-0.2, -0.15) is 8.78 Å². The third-order valence-corrected chi connectivity index (χ3v) is 3.65. The first-order chi connectivity index (χ1) is 8.69. The van der Waals surface area contributed by atoms with Gasteiger partial charge in [0.05, 0.1) is 0 Å². The summed E-state index contributed by atoms with van der Waals surface area (Å²) in [5, 5.41) is 3.29. The SMILES string of the molecule is CNC(CC1CCC1)c1ccc(OC(F)F)cc1. The van der Waals surface area contributed by atoms with Crippen LogP contribution in [0.4, 0.5) is 8.78 Å². The molecule has 0 aromatic heterocycles. The van der Waals surface area contributed by atoms with Crippen molar-refractivity contribution in [1.82, 2.24) is 5.32 Å². The molecule has 0 spiro atoms. The van der Waals surface area contributed by atoms with E-state index in [2.05, 4.69) is 10.1 Å². The van der Waals surface area contributed by atoms with Gasteiger partial charge in [0.1, 0.15) is 5.75 Å². The molecule has 18 heavy (non-hydrogen) atoms. The van der Waals surface area contributed by atoms with Crippen LogP contribution >= 0.6 is 0 Å². The molecule has 1 N–H and O–H groups in total. The highest BCUT2D eigenvalue weighted by Gasteiger charge is 2.22. The van der Waals surface area contributed by atoms with E-state index in [1.54, 1.807) is 12.1 Å². The molecule has 0 aliphatic heterocycles. The molecule has 1 saturated carbocycles. The molecule has 100 valence electrons. The van der Waals surface area contributed by atoms with E-state index < -0.39 is 6.61 Å². The summed E-state index contributed by atoms with van der Waals surface area (Å²) in [6.45, 7) is -2.76. The van der Waals surface area contributed by atoms with Crippen molar-refractivity contribution in [2.24, 2.45) is 5.92 Å². The van der Waals surface area contributed by atoms with E-state index in [9.17, 15) is 8.78 Å². The fourth-order valence-electron chi connectivity index (χ4n) is 2.36. The van der Waals surface area contributed by atoms with E-state index in [-0.39, 0.29) is 5.75 Å². The van der Waals surface area contributed by atoms with E-state index in [4.69, 9.17) is 0 Å². The zero-order valence-electron chi connectivity index (χ0n) is 10.5. The highest BCUT2D eigenvalue weighted by Crippen LogP contribution is 2.34. The van der Waals surface area contributed by atoms with Crippen LogP contribution in [0.2, 0.25) is 0 Å². The van der Waals surface area contributed by atoms with Gasteiger partial charge < -0.3 is 10.1 Å². The Kier molecular flexibility index (Phi) is 4.53. The molecule has 1 aliphatic rings. The van der Waals surface area contributed by atoms with Gasteiger partial charge in [0.25, 0.3) is 0 Å². The molecule has 1 aromatic rings. The van der Waals surface area contributed by atoms with Gasteiger partial charge in [-0.25, -0.2) is 0 Å². The second-order valence-corrected chi connectivity index (χ2v) is 4.82. The summed E-state index contributed by atoms with van der Waals surface area (Å²) in [7, 11) is 1.94. The molecule has 0 radical (unpaired) electrons. The number of alkyl halides is 2. The monoisotopic (exact) mass is 255 g/mol. The zero-order valence-corrected chi connectivity index (χ0v) is 10.5. The Morgan fingerprint density at radius 2 is 1.94 bits per heavy atom. The lowest BCUT2D eigenvalue weighted by atomic mass is 9.79. The van der Waals surface area contributed by atoms with Gasteiger partial charge >= 0.3 is 6.61 Å².